The second-order valence-electron chi connectivity index (χ2n) is 7.33. The van der Waals surface area contributed by atoms with E-state index in [1.165, 1.54) is 5.01 Å². The highest BCUT2D eigenvalue weighted by Gasteiger charge is 2.50. The minimum atomic E-state index is -3.75. The quantitative estimate of drug-likeness (QED) is 0.620. The maximum atomic E-state index is 12.8. The summed E-state index contributed by atoms with van der Waals surface area (Å²) in [5.41, 5.74) is -0.924. The Labute approximate surface area is 157 Å². The van der Waals surface area contributed by atoms with Gasteiger partial charge in [-0.05, 0) is 20.8 Å². The summed E-state index contributed by atoms with van der Waals surface area (Å²) < 4.78 is 29.3. The number of hydrogen-bond acceptors (Lipinski definition) is 7. The van der Waals surface area contributed by atoms with Crippen LogP contribution in [0.1, 0.15) is 20.8 Å². The van der Waals surface area contributed by atoms with Crippen molar-refractivity contribution in [2.24, 2.45) is 5.92 Å². The Bertz CT molecular complexity index is 825. The molecular formula is C16H23N3O7S. The van der Waals surface area contributed by atoms with Crippen molar-refractivity contribution in [1.29, 1.82) is 0 Å². The van der Waals surface area contributed by atoms with Crippen molar-refractivity contribution in [3.63, 3.8) is 0 Å². The number of ether oxygens (including phenoxy) is 1. The number of fused-ring (bicyclic) bond motifs is 1. The van der Waals surface area contributed by atoms with Gasteiger partial charge in [0.15, 0.2) is 9.84 Å². The van der Waals surface area contributed by atoms with Gasteiger partial charge in [-0.1, -0.05) is 6.08 Å². The maximum Gasteiger partial charge on any atom is 0.408 e. The van der Waals surface area contributed by atoms with Crippen molar-refractivity contribution >= 4 is 27.8 Å². The Morgan fingerprint density at radius 1 is 1.41 bits per heavy atom. The van der Waals surface area contributed by atoms with E-state index in [1.54, 1.807) is 20.8 Å². The van der Waals surface area contributed by atoms with Crippen molar-refractivity contribution in [2.75, 3.05) is 19.3 Å². The zero-order valence-electron chi connectivity index (χ0n) is 15.6. The van der Waals surface area contributed by atoms with Crippen LogP contribution in [-0.4, -0.2) is 72.5 Å². The molecule has 2 rings (SSSR count). The molecule has 0 aromatic heterocycles. The minimum Gasteiger partial charge on any atom is -0.481 e. The number of hydrazine groups is 1. The predicted molar refractivity (Wildman–Crippen MR) is 94.8 cm³/mol. The van der Waals surface area contributed by atoms with Gasteiger partial charge in [-0.25, -0.2) is 23.2 Å². The molecule has 11 heteroatoms. The van der Waals surface area contributed by atoms with Crippen LogP contribution in [0.2, 0.25) is 0 Å². The lowest BCUT2D eigenvalue weighted by atomic mass is 10.1. The van der Waals surface area contributed by atoms with Gasteiger partial charge in [0.2, 0.25) is 0 Å². The lowest BCUT2D eigenvalue weighted by Crippen LogP contribution is -2.45. The molecule has 0 aliphatic carbocycles. The molecule has 27 heavy (non-hydrogen) atoms. The molecule has 0 radical (unpaired) electrons. The summed E-state index contributed by atoms with van der Waals surface area (Å²) in [4.78, 5) is 36.1. The van der Waals surface area contributed by atoms with E-state index >= 15 is 0 Å². The monoisotopic (exact) mass is 401 g/mol. The van der Waals surface area contributed by atoms with Crippen molar-refractivity contribution in [3.8, 4) is 0 Å². The van der Waals surface area contributed by atoms with E-state index in [4.69, 9.17) is 4.74 Å². The number of rotatable bonds is 5. The van der Waals surface area contributed by atoms with Crippen LogP contribution in [0.3, 0.4) is 0 Å². The summed E-state index contributed by atoms with van der Waals surface area (Å²) in [6.45, 7) is 8.28. The molecule has 0 aromatic rings. The molecule has 0 aromatic carbocycles. The Balaban J connectivity index is 2.34. The first-order chi connectivity index (χ1) is 12.3. The molecule has 1 unspecified atom stereocenters. The fraction of sp³-hybridized carbons (Fsp3) is 0.562. The van der Waals surface area contributed by atoms with Gasteiger partial charge in [-0.2, -0.15) is 0 Å². The summed E-state index contributed by atoms with van der Waals surface area (Å²) in [7, 11) is -3.75. The summed E-state index contributed by atoms with van der Waals surface area (Å²) in [6.07, 6.45) is 1.22. The summed E-state index contributed by atoms with van der Waals surface area (Å²) in [5, 5.41) is 14.2. The zero-order chi connectivity index (χ0) is 20.7. The van der Waals surface area contributed by atoms with Crippen LogP contribution < -0.4 is 5.32 Å². The Kier molecular flexibility index (Phi) is 5.39. The average molecular weight is 401 g/mol. The second-order valence-corrected chi connectivity index (χ2v) is 9.37. The third kappa shape index (κ3) is 4.30. The molecule has 2 N–H and O–H groups in total. The molecule has 1 saturated heterocycles. The number of nitrogens with one attached hydrogen (secondary N) is 1. The molecule has 0 spiro atoms. The van der Waals surface area contributed by atoms with Crippen LogP contribution in [0.15, 0.2) is 23.3 Å². The van der Waals surface area contributed by atoms with E-state index in [1.807, 2.05) is 0 Å². The van der Waals surface area contributed by atoms with Gasteiger partial charge in [0.05, 0.1) is 17.1 Å². The molecule has 2 aliphatic heterocycles. The molecule has 2 atom stereocenters. The lowest BCUT2D eigenvalue weighted by Gasteiger charge is -2.24. The largest absolute Gasteiger partial charge is 0.481 e. The number of carbonyl (C=O) groups is 3. The molecule has 2 heterocycles. The normalized spacial score (nSPS) is 21.9. The number of alkyl carbamates (subject to hydrolysis) is 1. The standard InChI is InChI=1S/C16H23N3O7S/c1-6-9(14(21)22)12-11(27(5,24)25)8-18-7-10(13(20)19(12)18)17-15(23)26-16(2,3)4/h6,9-10H,1,7-8H2,2-5H3,(H,17,23)(H,21,22)/t9?,10-/m0/s1. The Hall–Kier alpha value is -2.40. The van der Waals surface area contributed by atoms with Gasteiger partial charge in [0, 0.05) is 12.8 Å². The zero-order valence-corrected chi connectivity index (χ0v) is 16.4. The van der Waals surface area contributed by atoms with Gasteiger partial charge >= 0.3 is 12.1 Å². The van der Waals surface area contributed by atoms with E-state index in [0.717, 1.165) is 17.3 Å². The lowest BCUT2D eigenvalue weighted by molar-refractivity contribution is -0.141. The van der Waals surface area contributed by atoms with Crippen molar-refractivity contribution < 1.29 is 32.6 Å². The number of carboxylic acids is 1. The van der Waals surface area contributed by atoms with E-state index in [-0.39, 0.29) is 23.7 Å². The first kappa shape index (κ1) is 20.9. The van der Waals surface area contributed by atoms with E-state index in [9.17, 15) is 27.9 Å². The summed E-state index contributed by atoms with van der Waals surface area (Å²) in [5.74, 6) is -3.36. The summed E-state index contributed by atoms with van der Waals surface area (Å²) >= 11 is 0. The van der Waals surface area contributed by atoms with Gasteiger partial charge in [-0.15, -0.1) is 6.58 Å². The van der Waals surface area contributed by atoms with Gasteiger partial charge < -0.3 is 15.2 Å². The number of amides is 2. The molecule has 0 bridgehead atoms. The minimum absolute atomic E-state index is 0.00984. The van der Waals surface area contributed by atoms with Crippen molar-refractivity contribution in [1.82, 2.24) is 15.3 Å². The number of aliphatic carboxylic acids is 1. The van der Waals surface area contributed by atoms with E-state index < -0.39 is 45.4 Å². The molecule has 1 fully saturated rings. The van der Waals surface area contributed by atoms with Crippen LogP contribution in [0.25, 0.3) is 0 Å². The molecule has 2 aliphatic rings. The Morgan fingerprint density at radius 2 is 2.00 bits per heavy atom. The van der Waals surface area contributed by atoms with Gasteiger partial charge in [0.25, 0.3) is 5.91 Å². The molecule has 10 nitrogen and oxygen atoms in total. The predicted octanol–water partition coefficient (Wildman–Crippen LogP) is 0.0955. The molecular weight excluding hydrogens is 378 g/mol. The third-order valence-corrected chi connectivity index (χ3v) is 5.19. The number of carboxylic acid groups (broad SMARTS) is 1. The first-order valence-corrected chi connectivity index (χ1v) is 10.0. The molecule has 150 valence electrons. The number of nitrogens with zero attached hydrogens (tertiary/aromatic N) is 2. The number of carbonyl (C=O) groups excluding carboxylic acids is 2. The highest BCUT2D eigenvalue weighted by atomic mass is 32.2. The van der Waals surface area contributed by atoms with Gasteiger partial charge in [-0.3, -0.25) is 9.59 Å². The van der Waals surface area contributed by atoms with Crippen LogP contribution >= 0.6 is 0 Å². The van der Waals surface area contributed by atoms with Crippen molar-refractivity contribution in [2.45, 2.75) is 32.4 Å². The van der Waals surface area contributed by atoms with E-state index in [0.29, 0.717) is 0 Å². The van der Waals surface area contributed by atoms with Crippen LogP contribution in [0, 0.1) is 5.92 Å². The fourth-order valence-electron chi connectivity index (χ4n) is 2.93. The molecule has 2 amide bonds. The highest BCUT2D eigenvalue weighted by molar-refractivity contribution is 7.94. The average Bonchev–Trinajstić information content (AvgIpc) is 2.96. The van der Waals surface area contributed by atoms with Crippen molar-refractivity contribution in [3.05, 3.63) is 23.3 Å². The number of sulfone groups is 1. The topological polar surface area (TPSA) is 133 Å². The van der Waals surface area contributed by atoms with E-state index in [2.05, 4.69) is 11.9 Å². The maximum absolute atomic E-state index is 12.8. The summed E-state index contributed by atoms with van der Waals surface area (Å²) in [6, 6.07) is -0.991. The smallest absolute Gasteiger partial charge is 0.408 e. The second kappa shape index (κ2) is 6.97. The van der Waals surface area contributed by atoms with Crippen LogP contribution in [0.4, 0.5) is 4.79 Å². The highest BCUT2D eigenvalue weighted by Crippen LogP contribution is 2.36. The fourth-order valence-corrected chi connectivity index (χ4v) is 3.90. The van der Waals surface area contributed by atoms with Crippen LogP contribution in [0.5, 0.6) is 0 Å². The SMILES string of the molecule is C=CC(C(=O)O)C1=C(S(C)(=O)=O)CN2C[C@H](NC(=O)OC(C)(C)C)C(=O)N12. The Morgan fingerprint density at radius 3 is 2.44 bits per heavy atom. The third-order valence-electron chi connectivity index (χ3n) is 3.96. The first-order valence-electron chi connectivity index (χ1n) is 8.13. The number of hydrogen-bond donors (Lipinski definition) is 2. The van der Waals surface area contributed by atoms with Crippen LogP contribution in [-0.2, 0) is 24.2 Å². The van der Waals surface area contributed by atoms with Gasteiger partial charge in [0.1, 0.15) is 17.6 Å². The molecule has 0 saturated carbocycles.